The van der Waals surface area contributed by atoms with Crippen molar-refractivity contribution < 1.29 is 18.8 Å². The third kappa shape index (κ3) is 3.02. The van der Waals surface area contributed by atoms with E-state index in [2.05, 4.69) is 0 Å². The summed E-state index contributed by atoms with van der Waals surface area (Å²) in [6, 6.07) is 6.67. The van der Waals surface area contributed by atoms with Crippen molar-refractivity contribution in [3.8, 4) is 0 Å². The lowest BCUT2D eigenvalue weighted by atomic mass is 9.95. The Morgan fingerprint density at radius 2 is 1.62 bits per heavy atom. The van der Waals surface area contributed by atoms with E-state index in [0.717, 1.165) is 12.8 Å². The molecule has 2 atom stereocenters. The van der Waals surface area contributed by atoms with Crippen molar-refractivity contribution in [3.63, 3.8) is 0 Å². The van der Waals surface area contributed by atoms with Gasteiger partial charge in [0.15, 0.2) is 0 Å². The fourth-order valence-electron chi connectivity index (χ4n) is 4.84. The summed E-state index contributed by atoms with van der Waals surface area (Å²) in [7, 11) is 0. The first-order valence-electron chi connectivity index (χ1n) is 9.44. The van der Waals surface area contributed by atoms with Crippen molar-refractivity contribution in [2.45, 2.75) is 69.5 Å². The highest BCUT2D eigenvalue weighted by Gasteiger charge is 2.47. The molecular formula is C20H23FN2O3. The maximum atomic E-state index is 13.8. The molecule has 26 heavy (non-hydrogen) atoms. The van der Waals surface area contributed by atoms with Crippen LogP contribution in [0.4, 0.5) is 4.39 Å². The van der Waals surface area contributed by atoms with E-state index < -0.39 is 0 Å². The van der Waals surface area contributed by atoms with E-state index in [1.165, 1.54) is 11.0 Å². The highest BCUT2D eigenvalue weighted by atomic mass is 19.1. The van der Waals surface area contributed by atoms with Crippen LogP contribution in [0.5, 0.6) is 0 Å². The second kappa shape index (κ2) is 6.82. The number of carbonyl (C=O) groups excluding carboxylic acids is 3. The minimum Gasteiger partial charge on any atom is -0.337 e. The quantitative estimate of drug-likeness (QED) is 0.777. The van der Waals surface area contributed by atoms with Crippen LogP contribution < -0.4 is 0 Å². The molecule has 3 saturated heterocycles. The van der Waals surface area contributed by atoms with Crippen LogP contribution in [0.15, 0.2) is 24.3 Å². The van der Waals surface area contributed by atoms with Gasteiger partial charge in [0, 0.05) is 37.4 Å². The van der Waals surface area contributed by atoms with Crippen molar-refractivity contribution in [1.29, 1.82) is 0 Å². The number of fused-ring (bicyclic) bond motifs is 2. The molecule has 1 aromatic rings. The van der Waals surface area contributed by atoms with Crippen molar-refractivity contribution >= 4 is 17.7 Å². The Morgan fingerprint density at radius 3 is 2.23 bits per heavy atom. The Labute approximate surface area is 152 Å². The van der Waals surface area contributed by atoms with E-state index in [4.69, 9.17) is 0 Å². The number of rotatable bonds is 4. The fraction of sp³-hybridized carbons (Fsp3) is 0.550. The van der Waals surface area contributed by atoms with Crippen LogP contribution in [0.1, 0.15) is 50.5 Å². The number of imide groups is 1. The molecule has 0 aliphatic carbocycles. The summed E-state index contributed by atoms with van der Waals surface area (Å²) in [5.74, 6) is -0.358. The number of piperidine rings is 1. The molecule has 138 valence electrons. The van der Waals surface area contributed by atoms with Gasteiger partial charge in [-0.2, -0.15) is 0 Å². The van der Waals surface area contributed by atoms with Gasteiger partial charge in [-0.05, 0) is 43.7 Å². The summed E-state index contributed by atoms with van der Waals surface area (Å²) in [4.78, 5) is 40.2. The van der Waals surface area contributed by atoms with Gasteiger partial charge in [-0.1, -0.05) is 18.2 Å². The van der Waals surface area contributed by atoms with Crippen molar-refractivity contribution in [1.82, 2.24) is 9.80 Å². The van der Waals surface area contributed by atoms with Crippen LogP contribution in [-0.2, 0) is 20.8 Å². The molecule has 0 aromatic heterocycles. The Morgan fingerprint density at radius 1 is 1.00 bits per heavy atom. The molecule has 0 saturated carbocycles. The van der Waals surface area contributed by atoms with Gasteiger partial charge in [0.1, 0.15) is 5.82 Å². The number of amides is 3. The average Bonchev–Trinajstić information content (AvgIpc) is 3.10. The number of nitrogens with zero attached hydrogens (tertiary/aromatic N) is 2. The lowest BCUT2D eigenvalue weighted by molar-refractivity contribution is -0.144. The molecule has 3 aliphatic heterocycles. The van der Waals surface area contributed by atoms with E-state index in [9.17, 15) is 18.8 Å². The van der Waals surface area contributed by atoms with Gasteiger partial charge in [-0.25, -0.2) is 4.39 Å². The Bertz CT molecular complexity index is 720. The monoisotopic (exact) mass is 358 g/mol. The SMILES string of the molecule is O=C1CCC(=O)N1C1CC2CCC(C1)N2C(=O)CCc1ccccc1F. The van der Waals surface area contributed by atoms with Crippen LogP contribution in [0.25, 0.3) is 0 Å². The number of benzene rings is 1. The van der Waals surface area contributed by atoms with Gasteiger partial charge in [0.05, 0.1) is 0 Å². The number of likely N-dealkylation sites (tertiary alicyclic amines) is 1. The normalized spacial score (nSPS) is 28.1. The Hall–Kier alpha value is -2.24. The molecular weight excluding hydrogens is 335 g/mol. The zero-order valence-corrected chi connectivity index (χ0v) is 14.7. The van der Waals surface area contributed by atoms with Crippen LogP contribution in [-0.4, -0.2) is 45.6 Å². The minimum atomic E-state index is -0.270. The smallest absolute Gasteiger partial charge is 0.229 e. The first-order valence-corrected chi connectivity index (χ1v) is 9.44. The second-order valence-electron chi connectivity index (χ2n) is 7.56. The summed E-state index contributed by atoms with van der Waals surface area (Å²) in [6.07, 6.45) is 4.52. The topological polar surface area (TPSA) is 57.7 Å². The highest BCUT2D eigenvalue weighted by Crippen LogP contribution is 2.39. The summed E-state index contributed by atoms with van der Waals surface area (Å²) >= 11 is 0. The second-order valence-corrected chi connectivity index (χ2v) is 7.56. The lowest BCUT2D eigenvalue weighted by Crippen LogP contribution is -2.53. The molecule has 3 amide bonds. The summed E-state index contributed by atoms with van der Waals surface area (Å²) < 4.78 is 13.8. The standard InChI is InChI=1S/C20H23FN2O3/c21-17-4-2-1-3-13(17)5-8-18(24)22-14-6-7-15(22)12-16(11-14)23-19(25)9-10-20(23)26/h1-4,14-16H,5-12H2. The van der Waals surface area contributed by atoms with Gasteiger partial charge in [0.25, 0.3) is 0 Å². The average molecular weight is 358 g/mol. The van der Waals surface area contributed by atoms with Crippen molar-refractivity contribution in [3.05, 3.63) is 35.6 Å². The largest absolute Gasteiger partial charge is 0.337 e. The maximum Gasteiger partial charge on any atom is 0.229 e. The highest BCUT2D eigenvalue weighted by molar-refractivity contribution is 6.02. The molecule has 2 bridgehead atoms. The van der Waals surface area contributed by atoms with E-state index in [-0.39, 0.29) is 41.7 Å². The molecule has 0 N–H and O–H groups in total. The fourth-order valence-corrected chi connectivity index (χ4v) is 4.84. The van der Waals surface area contributed by atoms with Crippen LogP contribution in [0.3, 0.4) is 0 Å². The van der Waals surface area contributed by atoms with Crippen LogP contribution >= 0.6 is 0 Å². The first-order chi connectivity index (χ1) is 12.5. The molecule has 6 heteroatoms. The molecule has 5 nitrogen and oxygen atoms in total. The lowest BCUT2D eigenvalue weighted by Gasteiger charge is -2.41. The van der Waals surface area contributed by atoms with Gasteiger partial charge < -0.3 is 4.90 Å². The molecule has 1 aromatic carbocycles. The van der Waals surface area contributed by atoms with Crippen molar-refractivity contribution in [2.75, 3.05) is 0 Å². The van der Waals surface area contributed by atoms with Crippen molar-refractivity contribution in [2.24, 2.45) is 0 Å². The summed E-state index contributed by atoms with van der Waals surface area (Å²) in [5, 5.41) is 0. The summed E-state index contributed by atoms with van der Waals surface area (Å²) in [6.45, 7) is 0. The van der Waals surface area contributed by atoms with Gasteiger partial charge in [-0.15, -0.1) is 0 Å². The van der Waals surface area contributed by atoms with Crippen LogP contribution in [0.2, 0.25) is 0 Å². The molecule has 3 heterocycles. The van der Waals surface area contributed by atoms with Crippen LogP contribution in [0, 0.1) is 5.82 Å². The van der Waals surface area contributed by atoms with E-state index in [1.807, 2.05) is 4.90 Å². The first kappa shape index (κ1) is 17.2. The van der Waals surface area contributed by atoms with E-state index >= 15 is 0 Å². The number of aryl methyl sites for hydroxylation is 1. The van der Waals surface area contributed by atoms with Gasteiger partial charge >= 0.3 is 0 Å². The summed E-state index contributed by atoms with van der Waals surface area (Å²) in [5.41, 5.74) is 0.566. The van der Waals surface area contributed by atoms with E-state index in [0.29, 0.717) is 44.1 Å². The third-order valence-electron chi connectivity index (χ3n) is 6.02. The number of halogens is 1. The maximum absolute atomic E-state index is 13.8. The predicted molar refractivity (Wildman–Crippen MR) is 92.5 cm³/mol. The molecule has 2 unspecified atom stereocenters. The number of carbonyl (C=O) groups is 3. The minimum absolute atomic E-state index is 0.0540. The predicted octanol–water partition coefficient (Wildman–Crippen LogP) is 2.43. The zero-order chi connectivity index (χ0) is 18.3. The number of hydrogen-bond acceptors (Lipinski definition) is 3. The third-order valence-corrected chi connectivity index (χ3v) is 6.02. The molecule has 0 spiro atoms. The van der Waals surface area contributed by atoms with E-state index in [1.54, 1.807) is 18.2 Å². The molecule has 0 radical (unpaired) electrons. The molecule has 3 fully saturated rings. The number of hydrogen-bond donors (Lipinski definition) is 0. The Balaban J connectivity index is 1.40. The van der Waals surface area contributed by atoms with Gasteiger partial charge in [0.2, 0.25) is 17.7 Å². The molecule has 4 rings (SSSR count). The Kier molecular flexibility index (Phi) is 4.51. The van der Waals surface area contributed by atoms with Gasteiger partial charge in [-0.3, -0.25) is 19.3 Å². The molecule has 3 aliphatic rings. The zero-order valence-electron chi connectivity index (χ0n) is 14.7.